The molecule has 0 aliphatic carbocycles. The van der Waals surface area contributed by atoms with Crippen LogP contribution < -0.4 is 0 Å². The van der Waals surface area contributed by atoms with Crippen molar-refractivity contribution < 1.29 is 23.4 Å². The maximum Gasteiger partial charge on any atom is 0.312 e. The Morgan fingerprint density at radius 1 is 1.65 bits per heavy atom. The van der Waals surface area contributed by atoms with Crippen molar-refractivity contribution in [2.45, 2.75) is 19.8 Å². The number of hydrogen-bond donors (Lipinski definition) is 1. The number of aromatic hydroxyl groups is 1. The van der Waals surface area contributed by atoms with Crippen LogP contribution in [0.5, 0.6) is 5.75 Å². The lowest BCUT2D eigenvalue weighted by Gasteiger charge is -2.08. The lowest BCUT2D eigenvalue weighted by molar-refractivity contribution is -0.142. The minimum Gasteiger partial charge on any atom is -0.505 e. The highest BCUT2D eigenvalue weighted by atomic mass is 35.5. The fourth-order valence-corrected chi connectivity index (χ4v) is 1.40. The Bertz CT molecular complexity index is 426. The summed E-state index contributed by atoms with van der Waals surface area (Å²) in [5, 5.41) is 9.02. The zero-order chi connectivity index (χ0) is 13.0. The fourth-order valence-electron chi connectivity index (χ4n) is 1.16. The highest BCUT2D eigenvalue weighted by molar-refractivity contribution is 6.32. The van der Waals surface area contributed by atoms with Gasteiger partial charge in [-0.2, -0.15) is 0 Å². The Balaban J connectivity index is 2.96. The van der Waals surface area contributed by atoms with Crippen molar-refractivity contribution >= 4 is 17.6 Å². The summed E-state index contributed by atoms with van der Waals surface area (Å²) < 4.78 is 29.4. The molecule has 0 saturated carbocycles. The Hall–Kier alpha value is -1.43. The van der Waals surface area contributed by atoms with Gasteiger partial charge < -0.3 is 9.84 Å². The van der Waals surface area contributed by atoms with Crippen LogP contribution in [0.1, 0.15) is 24.6 Å². The van der Waals surface area contributed by atoms with E-state index in [4.69, 9.17) is 11.6 Å². The second-order valence-electron chi connectivity index (χ2n) is 3.11. The summed E-state index contributed by atoms with van der Waals surface area (Å²) in [6.45, 7) is 1.81. The van der Waals surface area contributed by atoms with Gasteiger partial charge in [-0.1, -0.05) is 11.6 Å². The van der Waals surface area contributed by atoms with E-state index in [-0.39, 0.29) is 18.7 Å². The van der Waals surface area contributed by atoms with Crippen molar-refractivity contribution in [2.24, 2.45) is 0 Å². The van der Waals surface area contributed by atoms with Crippen molar-refractivity contribution in [3.8, 4) is 5.75 Å². The molecule has 0 spiro atoms. The number of rotatable bonds is 4. The zero-order valence-electron chi connectivity index (χ0n) is 8.91. The number of carbonyl (C=O) groups excluding carboxylic acids is 1. The number of alkyl halides is 2. The van der Waals surface area contributed by atoms with E-state index in [0.29, 0.717) is 0 Å². The van der Waals surface area contributed by atoms with Gasteiger partial charge in [0, 0.05) is 6.20 Å². The molecule has 1 aromatic rings. The SMILES string of the molecule is CCOC(=O)Cc1ncc(C(F)F)c(Cl)c1O. The molecule has 0 bridgehead atoms. The second-order valence-corrected chi connectivity index (χ2v) is 3.48. The molecule has 1 rings (SSSR count). The van der Waals surface area contributed by atoms with Crippen molar-refractivity contribution in [3.05, 3.63) is 22.5 Å². The molecule has 0 amide bonds. The van der Waals surface area contributed by atoms with Gasteiger partial charge in [-0.25, -0.2) is 8.78 Å². The Morgan fingerprint density at radius 3 is 2.82 bits per heavy atom. The minimum absolute atomic E-state index is 0.0853. The standard InChI is InChI=1S/C10H10ClF2NO3/c1-2-17-7(15)3-6-9(16)8(11)5(4-14-6)10(12)13/h4,10,16H,2-3H2,1H3. The van der Waals surface area contributed by atoms with Crippen LogP contribution in [0, 0.1) is 0 Å². The van der Waals surface area contributed by atoms with Gasteiger partial charge in [0.05, 0.1) is 29.3 Å². The molecule has 94 valence electrons. The Kier molecular flexibility index (Phi) is 4.62. The number of halogens is 3. The van der Waals surface area contributed by atoms with Crippen LogP contribution in [-0.2, 0) is 16.0 Å². The molecule has 0 fully saturated rings. The van der Waals surface area contributed by atoms with Crippen LogP contribution in [-0.4, -0.2) is 22.7 Å². The zero-order valence-corrected chi connectivity index (χ0v) is 9.67. The molecular formula is C10H10ClF2NO3. The molecule has 17 heavy (non-hydrogen) atoms. The second kappa shape index (κ2) is 5.77. The van der Waals surface area contributed by atoms with Crippen LogP contribution in [0.4, 0.5) is 8.78 Å². The molecule has 1 heterocycles. The first-order valence-electron chi connectivity index (χ1n) is 4.77. The molecular weight excluding hydrogens is 256 g/mol. The van der Waals surface area contributed by atoms with Crippen LogP contribution >= 0.6 is 11.6 Å². The van der Waals surface area contributed by atoms with Crippen LogP contribution in [0.2, 0.25) is 5.02 Å². The van der Waals surface area contributed by atoms with Crippen molar-refractivity contribution in [1.29, 1.82) is 0 Å². The third-order valence-electron chi connectivity index (χ3n) is 1.95. The number of nitrogens with zero attached hydrogens (tertiary/aromatic N) is 1. The van der Waals surface area contributed by atoms with Gasteiger partial charge in [0.25, 0.3) is 6.43 Å². The van der Waals surface area contributed by atoms with E-state index in [9.17, 15) is 18.7 Å². The van der Waals surface area contributed by atoms with E-state index < -0.39 is 28.7 Å². The van der Waals surface area contributed by atoms with E-state index in [1.165, 1.54) is 0 Å². The van der Waals surface area contributed by atoms with Gasteiger partial charge in [-0.3, -0.25) is 9.78 Å². The smallest absolute Gasteiger partial charge is 0.312 e. The predicted octanol–water partition coefficient (Wildman–Crippen LogP) is 2.48. The lowest BCUT2D eigenvalue weighted by Crippen LogP contribution is -2.09. The molecule has 4 nitrogen and oxygen atoms in total. The minimum atomic E-state index is -2.84. The molecule has 1 aromatic heterocycles. The number of hydrogen-bond acceptors (Lipinski definition) is 4. The molecule has 7 heteroatoms. The van der Waals surface area contributed by atoms with Crippen molar-refractivity contribution in [3.63, 3.8) is 0 Å². The Labute approximate surface area is 101 Å². The largest absolute Gasteiger partial charge is 0.505 e. The third kappa shape index (κ3) is 3.26. The Morgan fingerprint density at radius 2 is 2.29 bits per heavy atom. The van der Waals surface area contributed by atoms with Crippen LogP contribution in [0.15, 0.2) is 6.20 Å². The van der Waals surface area contributed by atoms with E-state index in [1.54, 1.807) is 6.92 Å². The fraction of sp³-hybridized carbons (Fsp3) is 0.400. The van der Waals surface area contributed by atoms with Gasteiger partial charge in [-0.05, 0) is 6.92 Å². The quantitative estimate of drug-likeness (QED) is 0.850. The average molecular weight is 266 g/mol. The topological polar surface area (TPSA) is 59.4 Å². The van der Waals surface area contributed by atoms with Crippen molar-refractivity contribution in [1.82, 2.24) is 4.98 Å². The molecule has 1 N–H and O–H groups in total. The highest BCUT2D eigenvalue weighted by Crippen LogP contribution is 2.34. The van der Waals surface area contributed by atoms with Crippen LogP contribution in [0.3, 0.4) is 0 Å². The van der Waals surface area contributed by atoms with Gasteiger partial charge in [0.15, 0.2) is 5.75 Å². The first-order valence-corrected chi connectivity index (χ1v) is 5.15. The molecule has 0 saturated heterocycles. The summed E-state index contributed by atoms with van der Waals surface area (Å²) in [4.78, 5) is 14.7. The highest BCUT2D eigenvalue weighted by Gasteiger charge is 2.20. The van der Waals surface area contributed by atoms with Crippen LogP contribution in [0.25, 0.3) is 0 Å². The summed E-state index contributed by atoms with van der Waals surface area (Å²) in [6, 6.07) is 0. The molecule has 0 aliphatic rings. The maximum absolute atomic E-state index is 12.4. The molecule has 0 unspecified atom stereocenters. The number of esters is 1. The monoisotopic (exact) mass is 265 g/mol. The lowest BCUT2D eigenvalue weighted by atomic mass is 10.2. The summed E-state index contributed by atoms with van der Waals surface area (Å²) >= 11 is 5.53. The molecule has 0 radical (unpaired) electrons. The van der Waals surface area contributed by atoms with Gasteiger partial charge in [0.2, 0.25) is 0 Å². The van der Waals surface area contributed by atoms with E-state index >= 15 is 0 Å². The molecule has 0 atom stereocenters. The van der Waals surface area contributed by atoms with Gasteiger partial charge in [0.1, 0.15) is 0 Å². The maximum atomic E-state index is 12.4. The summed E-state index contributed by atoms with van der Waals surface area (Å²) in [5.74, 6) is -1.23. The summed E-state index contributed by atoms with van der Waals surface area (Å²) in [5.41, 5.74) is -0.658. The van der Waals surface area contributed by atoms with Gasteiger partial charge in [-0.15, -0.1) is 0 Å². The predicted molar refractivity (Wildman–Crippen MR) is 56.2 cm³/mol. The number of carbonyl (C=O) groups is 1. The third-order valence-corrected chi connectivity index (χ3v) is 2.34. The first-order chi connectivity index (χ1) is 7.97. The van der Waals surface area contributed by atoms with E-state index in [0.717, 1.165) is 6.20 Å². The molecule has 0 aliphatic heterocycles. The first kappa shape index (κ1) is 13.6. The molecule has 0 aromatic carbocycles. The van der Waals surface area contributed by atoms with Gasteiger partial charge >= 0.3 is 5.97 Å². The normalized spacial score (nSPS) is 10.6. The summed E-state index contributed by atoms with van der Waals surface area (Å²) in [6.07, 6.45) is -2.32. The van der Waals surface area contributed by atoms with E-state index in [2.05, 4.69) is 9.72 Å². The van der Waals surface area contributed by atoms with Crippen molar-refractivity contribution in [2.75, 3.05) is 6.61 Å². The number of aromatic nitrogens is 1. The number of pyridine rings is 1. The van der Waals surface area contributed by atoms with E-state index in [1.807, 2.05) is 0 Å². The number of ether oxygens (including phenoxy) is 1. The summed E-state index contributed by atoms with van der Waals surface area (Å²) in [7, 11) is 0. The average Bonchev–Trinajstić information content (AvgIpc) is 2.25.